The van der Waals surface area contributed by atoms with E-state index in [1.54, 1.807) is 0 Å². The Labute approximate surface area is 81.4 Å². The zero-order valence-corrected chi connectivity index (χ0v) is 7.96. The second kappa shape index (κ2) is 3.57. The van der Waals surface area contributed by atoms with Gasteiger partial charge in [-0.05, 0) is 30.9 Å². The molecule has 5 heteroatoms. The summed E-state index contributed by atoms with van der Waals surface area (Å²) in [5.74, 6) is -2.36. The Morgan fingerprint density at radius 1 is 1.31 bits per heavy atom. The highest BCUT2D eigenvalue weighted by Gasteiger charge is 2.56. The molecule has 74 valence electrons. The van der Waals surface area contributed by atoms with Gasteiger partial charge < -0.3 is 10.2 Å². The Morgan fingerprint density at radius 2 is 1.77 bits per heavy atom. The minimum absolute atomic E-state index is 0.103. The summed E-state index contributed by atoms with van der Waals surface area (Å²) in [6.07, 6.45) is 1.50. The molecule has 0 aromatic carbocycles. The number of hydrogen-bond donors (Lipinski definition) is 3. The standard InChI is InChI=1S/C8H12O4S/c9-6(10)8(3-4-13,7(11)12)5-1-2-5/h5,13H,1-4H2,(H,9,10)(H,11,12). The normalized spacial score (nSPS) is 17.0. The third-order valence-electron chi connectivity index (χ3n) is 2.54. The number of carboxylic acid groups (broad SMARTS) is 2. The number of thiol groups is 1. The maximum atomic E-state index is 10.9. The summed E-state index contributed by atoms with van der Waals surface area (Å²) in [6.45, 7) is 0. The summed E-state index contributed by atoms with van der Waals surface area (Å²) in [5, 5.41) is 17.8. The zero-order chi connectivity index (χ0) is 10.1. The third-order valence-corrected chi connectivity index (χ3v) is 2.77. The number of carboxylic acids is 2. The SMILES string of the molecule is O=C(O)C(CCS)(C(=O)O)C1CC1. The van der Waals surface area contributed by atoms with Gasteiger partial charge in [-0.3, -0.25) is 9.59 Å². The molecule has 0 amide bonds. The van der Waals surface area contributed by atoms with Gasteiger partial charge >= 0.3 is 11.9 Å². The van der Waals surface area contributed by atoms with E-state index in [0.717, 1.165) is 0 Å². The van der Waals surface area contributed by atoms with Gasteiger partial charge in [0, 0.05) is 0 Å². The van der Waals surface area contributed by atoms with Gasteiger partial charge in [-0.15, -0.1) is 0 Å². The third kappa shape index (κ3) is 1.65. The average Bonchev–Trinajstić information content (AvgIpc) is 2.81. The summed E-state index contributed by atoms with van der Waals surface area (Å²) in [4.78, 5) is 21.8. The molecule has 0 heterocycles. The summed E-state index contributed by atoms with van der Waals surface area (Å²) in [6, 6.07) is 0. The van der Waals surface area contributed by atoms with E-state index in [0.29, 0.717) is 12.8 Å². The lowest BCUT2D eigenvalue weighted by molar-refractivity contribution is -0.166. The summed E-state index contributed by atoms with van der Waals surface area (Å²) >= 11 is 3.90. The van der Waals surface area contributed by atoms with E-state index in [-0.39, 0.29) is 18.1 Å². The van der Waals surface area contributed by atoms with Gasteiger partial charge in [-0.1, -0.05) is 0 Å². The topological polar surface area (TPSA) is 74.6 Å². The molecular formula is C8H12O4S. The van der Waals surface area contributed by atoms with Crippen LogP contribution in [0.15, 0.2) is 0 Å². The summed E-state index contributed by atoms with van der Waals surface area (Å²) in [7, 11) is 0. The number of rotatable bonds is 5. The van der Waals surface area contributed by atoms with Crippen molar-refractivity contribution in [2.24, 2.45) is 11.3 Å². The molecule has 1 aliphatic carbocycles. The first-order valence-corrected chi connectivity index (χ1v) is 4.76. The highest BCUT2D eigenvalue weighted by atomic mass is 32.1. The fraction of sp³-hybridized carbons (Fsp3) is 0.750. The molecule has 1 aliphatic rings. The van der Waals surface area contributed by atoms with E-state index in [4.69, 9.17) is 10.2 Å². The molecule has 1 fully saturated rings. The molecule has 0 aromatic heterocycles. The maximum Gasteiger partial charge on any atom is 0.321 e. The highest BCUT2D eigenvalue weighted by molar-refractivity contribution is 7.80. The minimum atomic E-state index is -1.58. The van der Waals surface area contributed by atoms with Gasteiger partial charge in [0.2, 0.25) is 0 Å². The zero-order valence-electron chi connectivity index (χ0n) is 7.06. The second-order valence-corrected chi connectivity index (χ2v) is 3.78. The van der Waals surface area contributed by atoms with E-state index < -0.39 is 17.4 Å². The molecule has 1 saturated carbocycles. The summed E-state index contributed by atoms with van der Waals surface area (Å²) in [5.41, 5.74) is -1.58. The van der Waals surface area contributed by atoms with E-state index in [1.165, 1.54) is 0 Å². The van der Waals surface area contributed by atoms with E-state index in [9.17, 15) is 9.59 Å². The van der Waals surface area contributed by atoms with Crippen LogP contribution in [0.2, 0.25) is 0 Å². The van der Waals surface area contributed by atoms with Crippen LogP contribution in [0.3, 0.4) is 0 Å². The molecule has 0 radical (unpaired) electrons. The molecule has 4 nitrogen and oxygen atoms in total. The number of carbonyl (C=O) groups is 2. The van der Waals surface area contributed by atoms with E-state index in [2.05, 4.69) is 12.6 Å². The van der Waals surface area contributed by atoms with Crippen molar-refractivity contribution in [2.45, 2.75) is 19.3 Å². The van der Waals surface area contributed by atoms with Crippen LogP contribution in [0, 0.1) is 11.3 Å². The van der Waals surface area contributed by atoms with Crippen molar-refractivity contribution in [3.63, 3.8) is 0 Å². The Hall–Kier alpha value is -0.710. The molecular weight excluding hydrogens is 192 g/mol. The van der Waals surface area contributed by atoms with E-state index >= 15 is 0 Å². The minimum Gasteiger partial charge on any atom is -0.480 e. The Morgan fingerprint density at radius 3 is 2.00 bits per heavy atom. The molecule has 0 saturated heterocycles. The molecule has 1 rings (SSSR count). The highest BCUT2D eigenvalue weighted by Crippen LogP contribution is 2.48. The fourth-order valence-corrected chi connectivity index (χ4v) is 1.96. The van der Waals surface area contributed by atoms with Crippen LogP contribution >= 0.6 is 12.6 Å². The smallest absolute Gasteiger partial charge is 0.321 e. The van der Waals surface area contributed by atoms with Crippen LogP contribution in [0.5, 0.6) is 0 Å². The van der Waals surface area contributed by atoms with Crippen molar-refractivity contribution in [1.82, 2.24) is 0 Å². The van der Waals surface area contributed by atoms with Crippen LogP contribution in [0.4, 0.5) is 0 Å². The molecule has 0 aromatic rings. The van der Waals surface area contributed by atoms with Crippen molar-refractivity contribution < 1.29 is 19.8 Å². The molecule has 13 heavy (non-hydrogen) atoms. The van der Waals surface area contributed by atoms with Crippen LogP contribution in [0.1, 0.15) is 19.3 Å². The van der Waals surface area contributed by atoms with Gasteiger partial charge in [0.15, 0.2) is 5.41 Å². The first kappa shape index (κ1) is 10.4. The van der Waals surface area contributed by atoms with Crippen molar-refractivity contribution in [3.05, 3.63) is 0 Å². The Bertz CT molecular complexity index is 220. The monoisotopic (exact) mass is 204 g/mol. The van der Waals surface area contributed by atoms with Gasteiger partial charge in [-0.25, -0.2) is 0 Å². The van der Waals surface area contributed by atoms with Crippen LogP contribution < -0.4 is 0 Å². The lowest BCUT2D eigenvalue weighted by atomic mass is 9.80. The number of aliphatic carboxylic acids is 2. The van der Waals surface area contributed by atoms with Gasteiger partial charge in [0.25, 0.3) is 0 Å². The lowest BCUT2D eigenvalue weighted by Gasteiger charge is -2.23. The molecule has 0 bridgehead atoms. The Kier molecular flexibility index (Phi) is 2.85. The van der Waals surface area contributed by atoms with Gasteiger partial charge in [0.1, 0.15) is 0 Å². The van der Waals surface area contributed by atoms with Gasteiger partial charge in [-0.2, -0.15) is 12.6 Å². The van der Waals surface area contributed by atoms with Crippen molar-refractivity contribution in [2.75, 3.05) is 5.75 Å². The predicted octanol–water partition coefficient (Wildman–Crippen LogP) is 0.872. The van der Waals surface area contributed by atoms with Crippen LogP contribution in [0.25, 0.3) is 0 Å². The lowest BCUT2D eigenvalue weighted by Crippen LogP contribution is -2.41. The summed E-state index contributed by atoms with van der Waals surface area (Å²) < 4.78 is 0. The van der Waals surface area contributed by atoms with Crippen molar-refractivity contribution in [3.8, 4) is 0 Å². The van der Waals surface area contributed by atoms with Gasteiger partial charge in [0.05, 0.1) is 0 Å². The first-order valence-electron chi connectivity index (χ1n) is 4.13. The average molecular weight is 204 g/mol. The largest absolute Gasteiger partial charge is 0.480 e. The molecule has 0 atom stereocenters. The molecule has 0 aliphatic heterocycles. The first-order chi connectivity index (χ1) is 6.05. The van der Waals surface area contributed by atoms with Crippen molar-refractivity contribution >= 4 is 24.6 Å². The van der Waals surface area contributed by atoms with E-state index in [1.807, 2.05) is 0 Å². The molecule has 0 unspecified atom stereocenters. The van der Waals surface area contributed by atoms with Crippen LogP contribution in [-0.2, 0) is 9.59 Å². The van der Waals surface area contributed by atoms with Crippen molar-refractivity contribution in [1.29, 1.82) is 0 Å². The van der Waals surface area contributed by atoms with Crippen LogP contribution in [-0.4, -0.2) is 27.9 Å². The fourth-order valence-electron chi connectivity index (χ4n) is 1.61. The maximum absolute atomic E-state index is 10.9. The molecule has 2 N–H and O–H groups in total. The second-order valence-electron chi connectivity index (χ2n) is 3.33. The quantitative estimate of drug-likeness (QED) is 0.459. The predicted molar refractivity (Wildman–Crippen MR) is 48.9 cm³/mol. The number of hydrogen-bond acceptors (Lipinski definition) is 3. The molecule has 0 spiro atoms. The Balaban J connectivity index is 2.92.